The summed E-state index contributed by atoms with van der Waals surface area (Å²) in [5.41, 5.74) is 6.63. The van der Waals surface area contributed by atoms with Gasteiger partial charge in [0, 0.05) is 48.3 Å². The second-order valence-electron chi connectivity index (χ2n) is 16.0. The lowest BCUT2D eigenvalue weighted by molar-refractivity contribution is -0.136. The van der Waals surface area contributed by atoms with Crippen molar-refractivity contribution >= 4 is 40.2 Å². The number of nitrogens with zero attached hydrogens (tertiary/aromatic N) is 4. The van der Waals surface area contributed by atoms with Gasteiger partial charge in [0.15, 0.2) is 0 Å². The first kappa shape index (κ1) is 39.3. The Labute approximate surface area is 334 Å². The number of likely N-dealkylation sites (tertiary alicyclic amines) is 2. The number of hydrogen-bond donors (Lipinski definition) is 2. The predicted octanol–water partition coefficient (Wildman–Crippen LogP) is 7.53. The fraction of sp³-hybridized carbons (Fsp3) is 0.413. The molecule has 0 aliphatic carbocycles. The zero-order chi connectivity index (χ0) is 40.2. The number of benzene rings is 3. The third-order valence-corrected chi connectivity index (χ3v) is 11.5. The molecule has 3 aromatic carbocycles. The number of carbonyl (C=O) groups is 3. The maximum atomic E-state index is 14.1. The highest BCUT2D eigenvalue weighted by Crippen LogP contribution is 2.35. The molecule has 57 heavy (non-hydrogen) atoms. The highest BCUT2D eigenvalue weighted by atomic mass is 16.5. The van der Waals surface area contributed by atoms with Crippen LogP contribution in [0.15, 0.2) is 84.0 Å². The van der Waals surface area contributed by atoms with Gasteiger partial charge < -0.3 is 29.6 Å². The van der Waals surface area contributed by atoms with Crippen LogP contribution in [0, 0.1) is 29.6 Å². The Morgan fingerprint density at radius 1 is 0.877 bits per heavy atom. The first-order valence-electron chi connectivity index (χ1n) is 20.0. The molecule has 4 heterocycles. The fourth-order valence-corrected chi connectivity index (χ4v) is 7.88. The van der Waals surface area contributed by atoms with Crippen molar-refractivity contribution in [3.05, 3.63) is 102 Å². The van der Waals surface area contributed by atoms with Crippen LogP contribution in [0.4, 0.5) is 4.79 Å². The molecule has 11 nitrogen and oxygen atoms in total. The van der Waals surface area contributed by atoms with Crippen molar-refractivity contribution in [3.63, 3.8) is 0 Å². The number of alkyl carbamates (subject to hydrolysis) is 1. The van der Waals surface area contributed by atoms with Gasteiger partial charge in [-0.25, -0.2) is 9.78 Å². The number of ether oxygens (including phenoxy) is 2. The van der Waals surface area contributed by atoms with E-state index in [1.807, 2.05) is 87.6 Å². The highest BCUT2D eigenvalue weighted by Gasteiger charge is 2.43. The third-order valence-electron chi connectivity index (χ3n) is 11.5. The van der Waals surface area contributed by atoms with Gasteiger partial charge in [-0.15, -0.1) is 0 Å². The largest absolute Gasteiger partial charge is 0.488 e. The molecule has 0 saturated carbocycles. The summed E-state index contributed by atoms with van der Waals surface area (Å²) in [6.45, 7) is 11.2. The molecular formula is C46H52N6O5. The number of aliphatic imine (C=N–C) groups is 1. The van der Waals surface area contributed by atoms with Crippen molar-refractivity contribution in [1.82, 2.24) is 25.1 Å². The van der Waals surface area contributed by atoms with Crippen molar-refractivity contribution < 1.29 is 23.9 Å². The van der Waals surface area contributed by atoms with Gasteiger partial charge in [-0.1, -0.05) is 76.8 Å². The van der Waals surface area contributed by atoms with Crippen LogP contribution in [-0.2, 0) is 14.3 Å². The second kappa shape index (κ2) is 17.1. The number of allylic oxidation sites excluding steroid dienone is 1. The number of nitrogens with one attached hydrogen (secondary N) is 2. The van der Waals surface area contributed by atoms with E-state index in [2.05, 4.69) is 53.0 Å². The van der Waals surface area contributed by atoms with Crippen LogP contribution in [0.2, 0.25) is 0 Å². The zero-order valence-electron chi connectivity index (χ0n) is 33.6. The van der Waals surface area contributed by atoms with Gasteiger partial charge in [-0.05, 0) is 78.3 Å². The van der Waals surface area contributed by atoms with Crippen LogP contribution in [0.3, 0.4) is 0 Å². The molecule has 0 spiro atoms. The van der Waals surface area contributed by atoms with Gasteiger partial charge in [0.25, 0.3) is 0 Å². The Hall–Kier alpha value is -5.89. The first-order chi connectivity index (χ1) is 27.5. The van der Waals surface area contributed by atoms with E-state index in [0.717, 1.165) is 70.6 Å². The number of hydrogen-bond acceptors (Lipinski definition) is 7. The van der Waals surface area contributed by atoms with Gasteiger partial charge in [-0.3, -0.25) is 14.6 Å². The van der Waals surface area contributed by atoms with Crippen LogP contribution >= 0.6 is 0 Å². The summed E-state index contributed by atoms with van der Waals surface area (Å²) in [5.74, 6) is 8.12. The average Bonchev–Trinajstić information content (AvgIpc) is 4.04. The van der Waals surface area contributed by atoms with Gasteiger partial charge in [0.05, 0.1) is 36.8 Å². The summed E-state index contributed by atoms with van der Waals surface area (Å²) in [6, 6.07) is 22.5. The number of fused-ring (bicyclic) bond motifs is 1. The average molecular weight is 769 g/mol. The minimum atomic E-state index is -0.783. The lowest BCUT2D eigenvalue weighted by atomic mass is 9.94. The summed E-state index contributed by atoms with van der Waals surface area (Å²) in [4.78, 5) is 56.5. The Morgan fingerprint density at radius 3 is 2.33 bits per heavy atom. The van der Waals surface area contributed by atoms with E-state index in [1.54, 1.807) is 4.90 Å². The number of aromatic nitrogens is 2. The molecule has 0 radical (unpaired) electrons. The molecule has 0 bridgehead atoms. The van der Waals surface area contributed by atoms with Crippen molar-refractivity contribution in [2.24, 2.45) is 22.7 Å². The summed E-state index contributed by atoms with van der Waals surface area (Å²) >= 11 is 0. The van der Waals surface area contributed by atoms with E-state index in [4.69, 9.17) is 19.5 Å². The SMILES string of the molecule is COC(=O)N[C@H](C(=O)N1C[C@@H](Oc2ccccc2)C[C@H]1c1nc2ccc(C#Cc3ccc(C4=CN=C([C@@H]5CCCN5C(=O)[C@@H](C)C(C)C)C4)cc3)cc2[nH]1)C(C)C. The van der Waals surface area contributed by atoms with Crippen molar-refractivity contribution in [2.45, 2.75) is 84.5 Å². The molecular weight excluding hydrogens is 717 g/mol. The Morgan fingerprint density at radius 2 is 1.61 bits per heavy atom. The molecule has 3 aliphatic heterocycles. The van der Waals surface area contributed by atoms with Crippen molar-refractivity contribution in [1.29, 1.82) is 0 Å². The zero-order valence-corrected chi connectivity index (χ0v) is 33.6. The van der Waals surface area contributed by atoms with Gasteiger partial charge in [0.1, 0.15) is 23.7 Å². The van der Waals surface area contributed by atoms with Gasteiger partial charge in [0.2, 0.25) is 11.8 Å². The molecule has 3 aliphatic rings. The van der Waals surface area contributed by atoms with E-state index < -0.39 is 18.2 Å². The maximum absolute atomic E-state index is 14.1. The molecule has 296 valence electrons. The van der Waals surface area contributed by atoms with Gasteiger partial charge in [-0.2, -0.15) is 0 Å². The van der Waals surface area contributed by atoms with Crippen molar-refractivity contribution in [3.8, 4) is 17.6 Å². The number of aromatic amines is 1. The van der Waals surface area contributed by atoms with Crippen LogP contribution in [0.25, 0.3) is 16.6 Å². The lowest BCUT2D eigenvalue weighted by Crippen LogP contribution is -2.51. The van der Waals surface area contributed by atoms with Crippen LogP contribution in [0.5, 0.6) is 5.75 Å². The Kier molecular flexibility index (Phi) is 11.8. The molecule has 2 saturated heterocycles. The number of methoxy groups -OCH3 is 1. The van der Waals surface area contributed by atoms with Gasteiger partial charge >= 0.3 is 6.09 Å². The molecule has 5 atom stereocenters. The normalized spacial score (nSPS) is 20.2. The number of imidazole rings is 1. The standard InChI is InChI=1S/C46H52N6O5/c1-28(2)30(5)44(53)51-22-10-13-40(51)39-24-34(26-47-39)33-19-16-31(17-20-33)14-15-32-18-21-37-38(23-32)49-43(48-37)41-25-36(57-35-11-8-7-9-12-35)27-52(41)45(54)42(29(3)4)50-46(55)56-6/h7-9,11-12,16-21,23,26,28-30,36,40-42H,10,13,22,24-25,27H2,1-6H3,(H,48,49)(H,50,55)/t30-,36-,40-,41-,42-/m0/s1. The number of H-pyrrole nitrogens is 1. The molecule has 7 rings (SSSR count). The number of amides is 3. The second-order valence-corrected chi connectivity index (χ2v) is 16.0. The van der Waals surface area contributed by atoms with E-state index >= 15 is 0 Å². The van der Waals surface area contributed by atoms with E-state index in [9.17, 15) is 14.4 Å². The van der Waals surface area contributed by atoms with E-state index in [1.165, 1.54) is 7.11 Å². The third kappa shape index (κ3) is 8.75. The molecule has 1 aromatic heterocycles. The van der Waals surface area contributed by atoms with Crippen molar-refractivity contribution in [2.75, 3.05) is 20.2 Å². The van der Waals surface area contributed by atoms with Crippen LogP contribution < -0.4 is 10.1 Å². The topological polar surface area (TPSA) is 129 Å². The molecule has 2 N–H and O–H groups in total. The smallest absolute Gasteiger partial charge is 0.407 e. The summed E-state index contributed by atoms with van der Waals surface area (Å²) < 4.78 is 11.1. The lowest BCUT2D eigenvalue weighted by Gasteiger charge is -2.29. The highest BCUT2D eigenvalue weighted by molar-refractivity contribution is 6.03. The minimum absolute atomic E-state index is 0.00332. The summed E-state index contributed by atoms with van der Waals surface area (Å²) in [7, 11) is 1.28. The molecule has 0 unspecified atom stereocenters. The fourth-order valence-electron chi connectivity index (χ4n) is 7.88. The predicted molar refractivity (Wildman–Crippen MR) is 221 cm³/mol. The van der Waals surface area contributed by atoms with E-state index in [-0.39, 0.29) is 35.8 Å². The summed E-state index contributed by atoms with van der Waals surface area (Å²) in [5, 5.41) is 2.72. The Bertz CT molecular complexity index is 2230. The Balaban J connectivity index is 1.04. The van der Waals surface area contributed by atoms with Crippen LogP contribution in [-0.4, -0.2) is 81.8 Å². The number of carbonyl (C=O) groups excluding carboxylic acids is 3. The molecule has 2 fully saturated rings. The van der Waals surface area contributed by atoms with E-state index in [0.29, 0.717) is 24.7 Å². The molecule has 3 amide bonds. The maximum Gasteiger partial charge on any atom is 0.407 e. The minimum Gasteiger partial charge on any atom is -0.488 e. The quantitative estimate of drug-likeness (QED) is 0.161. The summed E-state index contributed by atoms with van der Waals surface area (Å²) in [6.07, 6.45) is 4.27. The number of para-hydroxylation sites is 1. The van der Waals surface area contributed by atoms with Crippen LogP contribution in [0.1, 0.15) is 88.9 Å². The number of rotatable bonds is 10. The monoisotopic (exact) mass is 768 g/mol. The first-order valence-corrected chi connectivity index (χ1v) is 20.0. The molecule has 4 aromatic rings. The molecule has 11 heteroatoms.